The number of nitrogens with two attached hydrogens (primary N) is 1. The van der Waals surface area contributed by atoms with Gasteiger partial charge in [0.1, 0.15) is 0 Å². The molecule has 14 heavy (non-hydrogen) atoms. The maximum atomic E-state index is 11.5. The van der Waals surface area contributed by atoms with Crippen molar-refractivity contribution in [2.75, 3.05) is 20.1 Å². The predicted octanol–water partition coefficient (Wildman–Crippen LogP) is -0.385. The molecule has 0 aliphatic rings. The molecule has 0 unspecified atom stereocenters. The molecule has 1 amide bonds. The molecular weight excluding hydrogens is 182 g/mol. The van der Waals surface area contributed by atoms with Crippen molar-refractivity contribution in [2.24, 2.45) is 5.73 Å². The van der Waals surface area contributed by atoms with Crippen LogP contribution in [0.4, 0.5) is 0 Å². The number of carbonyl (C=O) groups is 2. The highest BCUT2D eigenvalue weighted by Crippen LogP contribution is 1.97. The summed E-state index contributed by atoms with van der Waals surface area (Å²) in [4.78, 5) is 26.6. The Hall–Kier alpha value is -1.62. The maximum Gasteiger partial charge on any atom is 0.236 e. The summed E-state index contributed by atoms with van der Waals surface area (Å²) in [7, 11) is 1.55. The van der Waals surface area contributed by atoms with Crippen LogP contribution in [0, 0.1) is 0 Å². The zero-order chi connectivity index (χ0) is 10.6. The summed E-state index contributed by atoms with van der Waals surface area (Å²) in [5, 5.41) is 0. The van der Waals surface area contributed by atoms with Crippen LogP contribution in [-0.2, 0) is 4.79 Å². The minimum Gasteiger partial charge on any atom is -0.359 e. The molecule has 0 spiro atoms. The highest BCUT2D eigenvalue weighted by atomic mass is 16.2. The molecule has 0 bridgehead atoms. The molecule has 0 saturated heterocycles. The van der Waals surface area contributed by atoms with Crippen molar-refractivity contribution >= 4 is 11.7 Å². The highest BCUT2D eigenvalue weighted by Gasteiger charge is 2.12. The second-order valence-corrected chi connectivity index (χ2v) is 2.96. The lowest BCUT2D eigenvalue weighted by molar-refractivity contribution is -0.127. The van der Waals surface area contributed by atoms with Crippen LogP contribution in [0.15, 0.2) is 18.3 Å². The predicted molar refractivity (Wildman–Crippen MR) is 51.8 cm³/mol. The van der Waals surface area contributed by atoms with Crippen molar-refractivity contribution in [1.82, 2.24) is 9.88 Å². The van der Waals surface area contributed by atoms with Gasteiger partial charge in [-0.1, -0.05) is 0 Å². The van der Waals surface area contributed by atoms with Crippen LogP contribution < -0.4 is 5.73 Å². The van der Waals surface area contributed by atoms with Gasteiger partial charge in [-0.15, -0.1) is 0 Å². The van der Waals surface area contributed by atoms with Gasteiger partial charge in [0.05, 0.1) is 18.8 Å². The van der Waals surface area contributed by atoms with Crippen LogP contribution >= 0.6 is 0 Å². The Kier molecular flexibility index (Phi) is 3.41. The number of Topliss-reactive ketones (excluding diaryl/α,β-unsaturated/α-hetero) is 1. The number of amides is 1. The summed E-state index contributed by atoms with van der Waals surface area (Å²) in [6.07, 6.45) is 1.66. The van der Waals surface area contributed by atoms with Crippen LogP contribution in [-0.4, -0.2) is 41.7 Å². The second-order valence-electron chi connectivity index (χ2n) is 2.96. The van der Waals surface area contributed by atoms with E-state index in [1.165, 1.54) is 4.90 Å². The minimum absolute atomic E-state index is 0.0521. The number of hydrogen-bond acceptors (Lipinski definition) is 3. The normalized spacial score (nSPS) is 9.86. The number of rotatable bonds is 4. The van der Waals surface area contributed by atoms with Crippen LogP contribution in [0.2, 0.25) is 0 Å². The molecule has 1 aromatic rings. The third-order valence-electron chi connectivity index (χ3n) is 1.88. The van der Waals surface area contributed by atoms with Crippen molar-refractivity contribution in [3.63, 3.8) is 0 Å². The van der Waals surface area contributed by atoms with E-state index in [9.17, 15) is 9.59 Å². The van der Waals surface area contributed by atoms with E-state index in [0.717, 1.165) is 0 Å². The topological polar surface area (TPSA) is 79.2 Å². The first-order valence-corrected chi connectivity index (χ1v) is 4.25. The fourth-order valence-corrected chi connectivity index (χ4v) is 1.05. The van der Waals surface area contributed by atoms with Crippen LogP contribution in [0.1, 0.15) is 10.5 Å². The standard InChI is InChI=1S/C9H13N3O2/c1-12(9(14)5-10)6-8(13)7-3-2-4-11-7/h2-4,11H,5-6,10H2,1H3. The molecule has 0 aliphatic heterocycles. The minimum atomic E-state index is -0.245. The number of aromatic amines is 1. The van der Waals surface area contributed by atoms with E-state index >= 15 is 0 Å². The average Bonchev–Trinajstić information content (AvgIpc) is 2.69. The second kappa shape index (κ2) is 4.57. The lowest BCUT2D eigenvalue weighted by atomic mass is 10.3. The summed E-state index contributed by atoms with van der Waals surface area (Å²) in [5.74, 6) is -0.371. The summed E-state index contributed by atoms with van der Waals surface area (Å²) < 4.78 is 0. The van der Waals surface area contributed by atoms with Gasteiger partial charge in [-0.2, -0.15) is 0 Å². The fourth-order valence-electron chi connectivity index (χ4n) is 1.05. The zero-order valence-corrected chi connectivity index (χ0v) is 7.99. The van der Waals surface area contributed by atoms with Gasteiger partial charge in [-0.25, -0.2) is 0 Å². The van der Waals surface area contributed by atoms with Crippen molar-refractivity contribution in [1.29, 1.82) is 0 Å². The summed E-state index contributed by atoms with van der Waals surface area (Å²) >= 11 is 0. The van der Waals surface area contributed by atoms with Gasteiger partial charge in [0.15, 0.2) is 5.78 Å². The molecular formula is C9H13N3O2. The Bertz CT molecular complexity index is 319. The molecule has 0 atom stereocenters. The summed E-state index contributed by atoms with van der Waals surface area (Å²) in [5.41, 5.74) is 5.66. The first-order valence-electron chi connectivity index (χ1n) is 4.25. The first-order chi connectivity index (χ1) is 6.65. The SMILES string of the molecule is CN(CC(=O)c1ccc[nH]1)C(=O)CN. The lowest BCUT2D eigenvalue weighted by Gasteiger charge is -2.14. The molecule has 5 heteroatoms. The van der Waals surface area contributed by atoms with E-state index in [0.29, 0.717) is 5.69 Å². The summed E-state index contributed by atoms with van der Waals surface area (Å²) in [6.45, 7) is -0.0228. The third-order valence-corrected chi connectivity index (χ3v) is 1.88. The molecule has 5 nitrogen and oxygen atoms in total. The Balaban J connectivity index is 2.53. The first kappa shape index (κ1) is 10.5. The van der Waals surface area contributed by atoms with E-state index in [-0.39, 0.29) is 24.8 Å². The molecule has 1 heterocycles. The molecule has 3 N–H and O–H groups in total. The average molecular weight is 195 g/mol. The zero-order valence-electron chi connectivity index (χ0n) is 7.99. The Morgan fingerprint density at radius 2 is 2.29 bits per heavy atom. The van der Waals surface area contributed by atoms with Crippen LogP contribution in [0.3, 0.4) is 0 Å². The number of hydrogen-bond donors (Lipinski definition) is 2. The maximum absolute atomic E-state index is 11.5. The van der Waals surface area contributed by atoms with Gasteiger partial charge in [0, 0.05) is 13.2 Å². The van der Waals surface area contributed by atoms with Gasteiger partial charge in [-0.05, 0) is 12.1 Å². The number of H-pyrrole nitrogens is 1. The Morgan fingerprint density at radius 3 is 2.79 bits per heavy atom. The van der Waals surface area contributed by atoms with Gasteiger partial charge in [0.25, 0.3) is 0 Å². The smallest absolute Gasteiger partial charge is 0.236 e. The van der Waals surface area contributed by atoms with E-state index in [1.54, 1.807) is 25.4 Å². The number of carbonyl (C=O) groups excluding carboxylic acids is 2. The monoisotopic (exact) mass is 195 g/mol. The Morgan fingerprint density at radius 1 is 1.57 bits per heavy atom. The molecule has 0 saturated carbocycles. The molecule has 0 fully saturated rings. The van der Waals surface area contributed by atoms with Gasteiger partial charge in [-0.3, -0.25) is 9.59 Å². The van der Waals surface area contributed by atoms with Crippen molar-refractivity contribution in [2.45, 2.75) is 0 Å². The third kappa shape index (κ3) is 2.43. The summed E-state index contributed by atoms with van der Waals surface area (Å²) in [6, 6.07) is 3.40. The number of aromatic nitrogens is 1. The molecule has 1 aromatic heterocycles. The lowest BCUT2D eigenvalue weighted by Crippen LogP contribution is -2.36. The number of nitrogens with zero attached hydrogens (tertiary/aromatic N) is 1. The Labute approximate surface area is 81.9 Å². The van der Waals surface area contributed by atoms with Gasteiger partial charge >= 0.3 is 0 Å². The van der Waals surface area contributed by atoms with Crippen LogP contribution in [0.5, 0.6) is 0 Å². The largest absolute Gasteiger partial charge is 0.359 e. The van der Waals surface area contributed by atoms with Gasteiger partial charge < -0.3 is 15.6 Å². The van der Waals surface area contributed by atoms with Gasteiger partial charge in [0.2, 0.25) is 5.91 Å². The van der Waals surface area contributed by atoms with Crippen molar-refractivity contribution in [3.05, 3.63) is 24.0 Å². The molecule has 0 aromatic carbocycles. The fraction of sp³-hybridized carbons (Fsp3) is 0.333. The molecule has 0 radical (unpaired) electrons. The van der Waals surface area contributed by atoms with Crippen molar-refractivity contribution in [3.8, 4) is 0 Å². The van der Waals surface area contributed by atoms with E-state index in [1.807, 2.05) is 0 Å². The van der Waals surface area contributed by atoms with Crippen LogP contribution in [0.25, 0.3) is 0 Å². The van der Waals surface area contributed by atoms with E-state index < -0.39 is 0 Å². The highest BCUT2D eigenvalue weighted by molar-refractivity contribution is 5.97. The van der Waals surface area contributed by atoms with E-state index in [4.69, 9.17) is 5.73 Å². The number of nitrogens with one attached hydrogen (secondary N) is 1. The molecule has 0 aliphatic carbocycles. The van der Waals surface area contributed by atoms with Crippen molar-refractivity contribution < 1.29 is 9.59 Å². The quantitative estimate of drug-likeness (QED) is 0.642. The molecule has 1 rings (SSSR count). The molecule has 76 valence electrons. The van der Waals surface area contributed by atoms with E-state index in [2.05, 4.69) is 4.98 Å². The number of ketones is 1. The number of likely N-dealkylation sites (N-methyl/N-ethyl adjacent to an activating group) is 1.